The van der Waals surface area contributed by atoms with Crippen LogP contribution in [0.1, 0.15) is 46.0 Å². The molecule has 1 aliphatic carbocycles. The number of carbonyl (C=O) groups is 1. The second kappa shape index (κ2) is 8.96. The third kappa shape index (κ3) is 4.95. The summed E-state index contributed by atoms with van der Waals surface area (Å²) in [6.07, 6.45) is 5.70. The highest BCUT2D eigenvalue weighted by molar-refractivity contribution is 5.82. The monoisotopic (exact) mass is 373 g/mol. The number of methoxy groups -OCH3 is 1. The molecule has 5 nitrogen and oxygen atoms in total. The normalized spacial score (nSPS) is 21.5. The molecule has 1 N–H and O–H groups in total. The van der Waals surface area contributed by atoms with Crippen LogP contribution in [0.15, 0.2) is 24.3 Å². The van der Waals surface area contributed by atoms with Crippen LogP contribution in [0.25, 0.3) is 0 Å². The van der Waals surface area contributed by atoms with Crippen molar-refractivity contribution in [3.63, 3.8) is 0 Å². The summed E-state index contributed by atoms with van der Waals surface area (Å²) < 4.78 is 5.50. The van der Waals surface area contributed by atoms with Crippen molar-refractivity contribution in [2.24, 2.45) is 5.41 Å². The lowest BCUT2D eigenvalue weighted by atomic mass is 9.75. The van der Waals surface area contributed by atoms with E-state index in [9.17, 15) is 4.79 Å². The first-order valence-electron chi connectivity index (χ1n) is 10.4. The van der Waals surface area contributed by atoms with Crippen LogP contribution in [-0.4, -0.2) is 56.7 Å². The van der Waals surface area contributed by atoms with Crippen molar-refractivity contribution >= 4 is 11.6 Å². The minimum atomic E-state index is -0.158. The number of rotatable bonds is 6. The van der Waals surface area contributed by atoms with Crippen molar-refractivity contribution in [1.82, 2.24) is 10.2 Å². The Morgan fingerprint density at radius 1 is 1.15 bits per heavy atom. The molecule has 1 aliphatic heterocycles. The number of benzene rings is 1. The van der Waals surface area contributed by atoms with Crippen LogP contribution in [-0.2, 0) is 4.79 Å². The predicted molar refractivity (Wildman–Crippen MR) is 110 cm³/mol. The minimum absolute atomic E-state index is 0.158. The zero-order chi connectivity index (χ0) is 19.3. The van der Waals surface area contributed by atoms with Gasteiger partial charge in [-0.1, -0.05) is 38.3 Å². The maximum Gasteiger partial charge on any atom is 0.226 e. The molecular formula is C22H35N3O2. The maximum atomic E-state index is 12.7. The Hall–Kier alpha value is -1.75. The number of ether oxygens (including phenoxy) is 1. The van der Waals surface area contributed by atoms with E-state index in [0.29, 0.717) is 0 Å². The third-order valence-electron chi connectivity index (χ3n) is 6.21. The number of nitrogens with one attached hydrogen (secondary N) is 1. The summed E-state index contributed by atoms with van der Waals surface area (Å²) in [6, 6.07) is 8.41. The van der Waals surface area contributed by atoms with Crippen LogP contribution in [0.5, 0.6) is 5.75 Å². The Labute approximate surface area is 164 Å². The summed E-state index contributed by atoms with van der Waals surface area (Å²) in [5, 5.41) is 3.28. The summed E-state index contributed by atoms with van der Waals surface area (Å²) in [4.78, 5) is 17.6. The fourth-order valence-electron chi connectivity index (χ4n) is 4.45. The largest absolute Gasteiger partial charge is 0.495 e. The highest BCUT2D eigenvalue weighted by Crippen LogP contribution is 2.36. The summed E-state index contributed by atoms with van der Waals surface area (Å²) in [7, 11) is 1.73. The molecule has 0 radical (unpaired) electrons. The number of carbonyl (C=O) groups excluding carboxylic acids is 1. The number of amides is 1. The zero-order valence-electron chi connectivity index (χ0n) is 17.2. The van der Waals surface area contributed by atoms with Gasteiger partial charge < -0.3 is 15.0 Å². The average Bonchev–Trinajstić information content (AvgIpc) is 2.69. The van der Waals surface area contributed by atoms with Crippen LogP contribution in [0.2, 0.25) is 0 Å². The topological polar surface area (TPSA) is 44.8 Å². The number of anilines is 1. The van der Waals surface area contributed by atoms with E-state index in [4.69, 9.17) is 4.74 Å². The molecule has 0 aromatic heterocycles. The summed E-state index contributed by atoms with van der Waals surface area (Å²) in [5.41, 5.74) is 1.01. The molecule has 3 rings (SSSR count). The van der Waals surface area contributed by atoms with Crippen LogP contribution in [0.4, 0.5) is 5.69 Å². The van der Waals surface area contributed by atoms with Gasteiger partial charge in [-0.15, -0.1) is 0 Å². The van der Waals surface area contributed by atoms with Crippen molar-refractivity contribution in [3.8, 4) is 5.75 Å². The van der Waals surface area contributed by atoms with Gasteiger partial charge >= 0.3 is 0 Å². The fourth-order valence-corrected chi connectivity index (χ4v) is 4.45. The highest BCUT2D eigenvalue weighted by atomic mass is 16.5. The quantitative estimate of drug-likeness (QED) is 0.831. The Morgan fingerprint density at radius 2 is 1.81 bits per heavy atom. The van der Waals surface area contributed by atoms with E-state index in [1.807, 2.05) is 12.1 Å². The maximum absolute atomic E-state index is 12.7. The van der Waals surface area contributed by atoms with E-state index in [2.05, 4.69) is 41.1 Å². The second-order valence-corrected chi connectivity index (χ2v) is 8.46. The van der Waals surface area contributed by atoms with Crippen LogP contribution in [0.3, 0.4) is 0 Å². The Balaban J connectivity index is 1.46. The van der Waals surface area contributed by atoms with Crippen LogP contribution < -0.4 is 15.0 Å². The average molecular weight is 374 g/mol. The zero-order valence-corrected chi connectivity index (χ0v) is 17.2. The van der Waals surface area contributed by atoms with E-state index in [1.165, 1.54) is 24.9 Å². The molecule has 27 heavy (non-hydrogen) atoms. The summed E-state index contributed by atoms with van der Waals surface area (Å²) in [6.45, 7) is 9.18. The SMILES string of the molecule is COc1ccccc1N1CCN(C[C@@H](C)NC(=O)C2(C)CCCCC2)CC1. The van der Waals surface area contributed by atoms with Gasteiger partial charge in [-0.05, 0) is 31.9 Å². The molecule has 0 unspecified atom stereocenters. The Bertz CT molecular complexity index is 620. The summed E-state index contributed by atoms with van der Waals surface area (Å²) in [5.74, 6) is 1.19. The predicted octanol–water partition coefficient (Wildman–Crippen LogP) is 3.29. The fraction of sp³-hybridized carbons (Fsp3) is 0.682. The van der Waals surface area contributed by atoms with E-state index in [-0.39, 0.29) is 17.4 Å². The number of nitrogens with zero attached hydrogens (tertiary/aromatic N) is 2. The van der Waals surface area contributed by atoms with Gasteiger partial charge in [0.05, 0.1) is 12.8 Å². The van der Waals surface area contributed by atoms with Gasteiger partial charge in [0.25, 0.3) is 0 Å². The van der Waals surface area contributed by atoms with Gasteiger partial charge in [0.15, 0.2) is 0 Å². The van der Waals surface area contributed by atoms with E-state index < -0.39 is 0 Å². The van der Waals surface area contributed by atoms with Crippen molar-refractivity contribution in [3.05, 3.63) is 24.3 Å². The molecule has 2 fully saturated rings. The molecule has 1 saturated heterocycles. The lowest BCUT2D eigenvalue weighted by molar-refractivity contribution is -0.132. The molecule has 1 heterocycles. The highest BCUT2D eigenvalue weighted by Gasteiger charge is 2.35. The van der Waals surface area contributed by atoms with Gasteiger partial charge in [-0.2, -0.15) is 0 Å². The van der Waals surface area contributed by atoms with E-state index in [1.54, 1.807) is 7.11 Å². The number of piperazine rings is 1. The number of para-hydroxylation sites is 2. The van der Waals surface area contributed by atoms with Gasteiger partial charge in [0, 0.05) is 44.2 Å². The second-order valence-electron chi connectivity index (χ2n) is 8.46. The van der Waals surface area contributed by atoms with Gasteiger partial charge in [-0.25, -0.2) is 0 Å². The standard InChI is InChI=1S/C22H35N3O2/c1-18(23-21(26)22(2)11-7-4-8-12-22)17-24-13-15-25(16-14-24)19-9-5-6-10-20(19)27-3/h5-6,9-10,18H,4,7-8,11-17H2,1-3H3,(H,23,26)/t18-/m1/s1. The van der Waals surface area contributed by atoms with Crippen LogP contribution >= 0.6 is 0 Å². The first-order valence-corrected chi connectivity index (χ1v) is 10.4. The van der Waals surface area contributed by atoms with Gasteiger partial charge in [0.2, 0.25) is 5.91 Å². The number of hydrogen-bond acceptors (Lipinski definition) is 4. The van der Waals surface area contributed by atoms with Crippen molar-refractivity contribution in [1.29, 1.82) is 0 Å². The smallest absolute Gasteiger partial charge is 0.226 e. The van der Waals surface area contributed by atoms with Crippen molar-refractivity contribution in [2.45, 2.75) is 52.0 Å². The van der Waals surface area contributed by atoms with Crippen molar-refractivity contribution in [2.75, 3.05) is 44.7 Å². The lowest BCUT2D eigenvalue weighted by Gasteiger charge is -2.38. The number of hydrogen-bond donors (Lipinski definition) is 1. The molecule has 150 valence electrons. The first-order chi connectivity index (χ1) is 13.0. The molecule has 2 aliphatic rings. The van der Waals surface area contributed by atoms with Crippen molar-refractivity contribution < 1.29 is 9.53 Å². The van der Waals surface area contributed by atoms with Gasteiger partial charge in [-0.3, -0.25) is 9.69 Å². The van der Waals surface area contributed by atoms with Crippen LogP contribution in [0, 0.1) is 5.41 Å². The Morgan fingerprint density at radius 3 is 2.48 bits per heavy atom. The third-order valence-corrected chi connectivity index (χ3v) is 6.21. The molecule has 1 amide bonds. The summed E-state index contributed by atoms with van der Waals surface area (Å²) >= 11 is 0. The van der Waals surface area contributed by atoms with E-state index in [0.717, 1.165) is 51.3 Å². The minimum Gasteiger partial charge on any atom is -0.495 e. The Kier molecular flexibility index (Phi) is 6.64. The van der Waals surface area contributed by atoms with E-state index >= 15 is 0 Å². The molecule has 1 aromatic carbocycles. The molecule has 0 bridgehead atoms. The molecular weight excluding hydrogens is 338 g/mol. The molecule has 1 atom stereocenters. The first kappa shape index (κ1) is 20.0. The van der Waals surface area contributed by atoms with Gasteiger partial charge in [0.1, 0.15) is 5.75 Å². The molecule has 1 aromatic rings. The molecule has 0 spiro atoms. The molecule has 1 saturated carbocycles. The molecule has 5 heteroatoms. The lowest BCUT2D eigenvalue weighted by Crippen LogP contribution is -2.52.